The lowest BCUT2D eigenvalue weighted by atomic mass is 10.0. The van der Waals surface area contributed by atoms with E-state index in [4.69, 9.17) is 23.4 Å². The van der Waals surface area contributed by atoms with E-state index in [-0.39, 0.29) is 5.78 Å². The predicted octanol–water partition coefficient (Wildman–Crippen LogP) is 5.27. The van der Waals surface area contributed by atoms with E-state index in [0.29, 0.717) is 34.3 Å². The molecule has 3 aromatic rings. The van der Waals surface area contributed by atoms with E-state index < -0.39 is 0 Å². The van der Waals surface area contributed by atoms with E-state index in [0.717, 1.165) is 16.7 Å². The minimum Gasteiger partial charge on any atom is -0.497 e. The van der Waals surface area contributed by atoms with Crippen LogP contribution >= 0.6 is 0 Å². The first-order chi connectivity index (χ1) is 14.5. The monoisotopic (exact) mass is 408 g/mol. The maximum absolute atomic E-state index is 12.9. The van der Waals surface area contributed by atoms with Crippen LogP contribution in [0.25, 0.3) is 16.9 Å². The van der Waals surface area contributed by atoms with Crippen LogP contribution in [0.2, 0.25) is 0 Å². The molecule has 0 N–H and O–H groups in total. The van der Waals surface area contributed by atoms with Crippen molar-refractivity contribution in [3.8, 4) is 34.3 Å². The quantitative estimate of drug-likeness (QED) is 0.374. The molecule has 30 heavy (non-hydrogen) atoms. The van der Waals surface area contributed by atoms with Crippen LogP contribution in [-0.4, -0.2) is 34.2 Å². The molecule has 3 rings (SSSR count). The summed E-state index contributed by atoms with van der Waals surface area (Å²) in [6, 6.07) is 12.4. The summed E-state index contributed by atoms with van der Waals surface area (Å²) in [5, 5.41) is 0. The van der Waals surface area contributed by atoms with E-state index in [2.05, 4.69) is 0 Å². The molecule has 0 spiro atoms. The molecular formula is C24H24O6. The average Bonchev–Trinajstić information content (AvgIpc) is 3.28. The number of carbonyl (C=O) groups is 1. The van der Waals surface area contributed by atoms with Gasteiger partial charge in [0.25, 0.3) is 0 Å². The number of methoxy groups -OCH3 is 4. The minimum absolute atomic E-state index is 0.190. The van der Waals surface area contributed by atoms with E-state index in [1.807, 2.05) is 31.2 Å². The van der Waals surface area contributed by atoms with Gasteiger partial charge in [-0.25, -0.2) is 0 Å². The molecule has 0 radical (unpaired) electrons. The van der Waals surface area contributed by atoms with Crippen molar-refractivity contribution < 1.29 is 28.2 Å². The Morgan fingerprint density at radius 1 is 0.833 bits per heavy atom. The largest absolute Gasteiger partial charge is 0.497 e. The molecule has 0 amide bonds. The molecule has 2 aromatic carbocycles. The fourth-order valence-corrected chi connectivity index (χ4v) is 3.06. The SMILES string of the molecule is COc1ccc(OC)c(C(=O)/C=C(\C)c2coc(-c3cc(OC)ccc3OC)c2)c1. The van der Waals surface area contributed by atoms with E-state index in [1.165, 1.54) is 7.11 Å². The van der Waals surface area contributed by atoms with E-state index >= 15 is 0 Å². The summed E-state index contributed by atoms with van der Waals surface area (Å²) in [6.45, 7) is 1.85. The number of hydrogen-bond donors (Lipinski definition) is 0. The molecule has 0 unspecified atom stereocenters. The lowest BCUT2D eigenvalue weighted by Gasteiger charge is -2.08. The summed E-state index contributed by atoms with van der Waals surface area (Å²) >= 11 is 0. The van der Waals surface area contributed by atoms with Crippen molar-refractivity contribution in [2.24, 2.45) is 0 Å². The topological polar surface area (TPSA) is 67.1 Å². The summed E-state index contributed by atoms with van der Waals surface area (Å²) in [4.78, 5) is 12.9. The summed E-state index contributed by atoms with van der Waals surface area (Å²) in [6.07, 6.45) is 3.16. The molecule has 1 aromatic heterocycles. The van der Waals surface area contributed by atoms with Crippen LogP contribution in [0.15, 0.2) is 59.2 Å². The number of rotatable bonds is 8. The molecule has 0 saturated heterocycles. The highest BCUT2D eigenvalue weighted by atomic mass is 16.5. The Hall–Kier alpha value is -3.67. The molecule has 0 atom stereocenters. The Kier molecular flexibility index (Phi) is 6.47. The molecule has 0 fully saturated rings. The smallest absolute Gasteiger partial charge is 0.189 e. The Morgan fingerprint density at radius 3 is 2.10 bits per heavy atom. The van der Waals surface area contributed by atoms with Gasteiger partial charge in [-0.05, 0) is 61.0 Å². The zero-order chi connectivity index (χ0) is 21.7. The van der Waals surface area contributed by atoms with Crippen LogP contribution in [-0.2, 0) is 0 Å². The van der Waals surface area contributed by atoms with Crippen LogP contribution in [0.4, 0.5) is 0 Å². The van der Waals surface area contributed by atoms with Gasteiger partial charge in [-0.3, -0.25) is 4.79 Å². The molecule has 6 heteroatoms. The second-order valence-corrected chi connectivity index (χ2v) is 6.52. The first-order valence-electron chi connectivity index (χ1n) is 9.26. The van der Waals surface area contributed by atoms with E-state index in [9.17, 15) is 4.79 Å². The number of allylic oxidation sites excluding steroid dienone is 2. The molecule has 156 valence electrons. The highest BCUT2D eigenvalue weighted by molar-refractivity contribution is 6.10. The third-order valence-corrected chi connectivity index (χ3v) is 4.75. The van der Waals surface area contributed by atoms with Gasteiger partial charge in [-0.1, -0.05) is 0 Å². The van der Waals surface area contributed by atoms with Crippen LogP contribution in [0.1, 0.15) is 22.8 Å². The zero-order valence-electron chi connectivity index (χ0n) is 17.6. The Balaban J connectivity index is 1.93. The lowest BCUT2D eigenvalue weighted by Crippen LogP contribution is -2.00. The minimum atomic E-state index is -0.190. The third kappa shape index (κ3) is 4.33. The van der Waals surface area contributed by atoms with Gasteiger partial charge in [0.2, 0.25) is 0 Å². The van der Waals surface area contributed by atoms with Crippen molar-refractivity contribution >= 4 is 11.4 Å². The molecule has 0 aliphatic rings. The molecule has 0 bridgehead atoms. The summed E-state index contributed by atoms with van der Waals surface area (Å²) in [5.74, 6) is 2.84. The van der Waals surface area contributed by atoms with Crippen molar-refractivity contribution in [3.63, 3.8) is 0 Å². The summed E-state index contributed by atoms with van der Waals surface area (Å²) < 4.78 is 27.0. The first-order valence-corrected chi connectivity index (χ1v) is 9.26. The molecule has 0 saturated carbocycles. The van der Waals surface area contributed by atoms with Gasteiger partial charge in [0.1, 0.15) is 28.8 Å². The van der Waals surface area contributed by atoms with Gasteiger partial charge in [0, 0.05) is 5.56 Å². The molecular weight excluding hydrogens is 384 g/mol. The number of hydrogen-bond acceptors (Lipinski definition) is 6. The summed E-state index contributed by atoms with van der Waals surface area (Å²) in [7, 11) is 6.28. The van der Waals surface area contributed by atoms with Crippen LogP contribution in [0, 0.1) is 0 Å². The Bertz CT molecular complexity index is 1080. The second kappa shape index (κ2) is 9.22. The molecule has 6 nitrogen and oxygen atoms in total. The zero-order valence-corrected chi connectivity index (χ0v) is 17.6. The molecule has 0 aliphatic carbocycles. The summed E-state index contributed by atoms with van der Waals surface area (Å²) in [5.41, 5.74) is 2.72. The van der Waals surface area contributed by atoms with Crippen molar-refractivity contribution in [1.29, 1.82) is 0 Å². The van der Waals surface area contributed by atoms with Crippen molar-refractivity contribution in [3.05, 3.63) is 65.9 Å². The van der Waals surface area contributed by atoms with Gasteiger partial charge >= 0.3 is 0 Å². The Morgan fingerprint density at radius 2 is 1.47 bits per heavy atom. The predicted molar refractivity (Wildman–Crippen MR) is 115 cm³/mol. The standard InChI is InChI=1S/C24H24O6/c1-15(10-21(25)19-12-17(26-2)6-8-22(19)28-4)16-11-24(30-14-16)20-13-18(27-3)7-9-23(20)29-5/h6-14H,1-5H3/b15-10+. The highest BCUT2D eigenvalue weighted by Gasteiger charge is 2.15. The van der Waals surface area contributed by atoms with E-state index in [1.54, 1.807) is 51.9 Å². The van der Waals surface area contributed by atoms with Crippen molar-refractivity contribution in [2.45, 2.75) is 6.92 Å². The number of ether oxygens (including phenoxy) is 4. The van der Waals surface area contributed by atoms with Crippen molar-refractivity contribution in [2.75, 3.05) is 28.4 Å². The normalized spacial score (nSPS) is 11.2. The second-order valence-electron chi connectivity index (χ2n) is 6.52. The van der Waals surface area contributed by atoms with Gasteiger partial charge in [0.05, 0.1) is 45.8 Å². The molecule has 0 aliphatic heterocycles. The number of carbonyl (C=O) groups excluding carboxylic acids is 1. The van der Waals surface area contributed by atoms with Crippen LogP contribution < -0.4 is 18.9 Å². The number of benzene rings is 2. The van der Waals surface area contributed by atoms with Gasteiger partial charge in [0.15, 0.2) is 5.78 Å². The highest BCUT2D eigenvalue weighted by Crippen LogP contribution is 2.35. The first kappa shape index (κ1) is 21.0. The average molecular weight is 408 g/mol. The maximum atomic E-state index is 12.9. The fraction of sp³-hybridized carbons (Fsp3) is 0.208. The maximum Gasteiger partial charge on any atom is 0.189 e. The Labute approximate surface area is 175 Å². The fourth-order valence-electron chi connectivity index (χ4n) is 3.06. The van der Waals surface area contributed by atoms with Crippen LogP contribution in [0.3, 0.4) is 0 Å². The van der Waals surface area contributed by atoms with Gasteiger partial charge < -0.3 is 23.4 Å². The number of furan rings is 1. The lowest BCUT2D eigenvalue weighted by molar-refractivity contribution is 0.104. The van der Waals surface area contributed by atoms with Crippen molar-refractivity contribution in [1.82, 2.24) is 0 Å². The third-order valence-electron chi connectivity index (χ3n) is 4.75. The number of ketones is 1. The molecule has 1 heterocycles. The van der Waals surface area contributed by atoms with Gasteiger partial charge in [-0.15, -0.1) is 0 Å². The van der Waals surface area contributed by atoms with Crippen LogP contribution in [0.5, 0.6) is 23.0 Å². The van der Waals surface area contributed by atoms with Gasteiger partial charge in [-0.2, -0.15) is 0 Å².